The third kappa shape index (κ3) is 2.35. The average Bonchev–Trinajstić information content (AvgIpc) is 2.55. The number of aliphatic hydroxyl groups excluding tert-OH is 1. The fourth-order valence-electron chi connectivity index (χ4n) is 4.99. The summed E-state index contributed by atoms with van der Waals surface area (Å²) in [5.41, 5.74) is 2.83. The van der Waals surface area contributed by atoms with E-state index in [1.54, 1.807) is 0 Å². The molecule has 22 heavy (non-hydrogen) atoms. The van der Waals surface area contributed by atoms with Crippen LogP contribution in [0.25, 0.3) is 0 Å². The van der Waals surface area contributed by atoms with E-state index >= 15 is 0 Å². The first-order chi connectivity index (χ1) is 10.7. The highest BCUT2D eigenvalue weighted by molar-refractivity contribution is 5.40. The molecule has 1 aromatic carbocycles. The van der Waals surface area contributed by atoms with Crippen LogP contribution in [0, 0.1) is 17.8 Å². The molecule has 0 radical (unpaired) electrons. The van der Waals surface area contributed by atoms with Crippen molar-refractivity contribution in [1.82, 2.24) is 0 Å². The normalized spacial score (nSPS) is 33.7. The van der Waals surface area contributed by atoms with E-state index in [1.807, 2.05) is 24.3 Å². The Morgan fingerprint density at radius 3 is 2.68 bits per heavy atom. The third-order valence-corrected chi connectivity index (χ3v) is 6.02. The van der Waals surface area contributed by atoms with Gasteiger partial charge in [-0.2, -0.15) is 0 Å². The van der Waals surface area contributed by atoms with Gasteiger partial charge in [-0.3, -0.25) is 0 Å². The molecule has 0 bridgehead atoms. The zero-order valence-electron chi connectivity index (χ0n) is 12.9. The molecule has 1 aromatic rings. The fraction of sp³-hybridized carbons (Fsp3) is 0.500. The molecule has 2 nitrogen and oxygen atoms in total. The molecule has 2 N–H and O–H groups in total. The van der Waals surface area contributed by atoms with Crippen molar-refractivity contribution >= 4 is 0 Å². The Kier molecular flexibility index (Phi) is 3.48. The van der Waals surface area contributed by atoms with Crippen molar-refractivity contribution in [3.8, 4) is 5.75 Å². The maximum atomic E-state index is 9.88. The van der Waals surface area contributed by atoms with Crippen molar-refractivity contribution in [2.24, 2.45) is 17.8 Å². The SMILES string of the molecule is OC1=CCC([C@@H]2Cc3ccc(O)cc3[C@@H]3CCCC[C@@H]32)C=C1. The standard InChI is InChI=1S/C20H24O2/c21-15-8-5-13(6-9-15)19-11-14-7-10-16(22)12-20(14)18-4-2-1-3-17(18)19/h5,7-10,12-13,17-19,21-22H,1-4,6,11H2/t13?,17-,18+,19-/m0/s1. The molecule has 3 aliphatic carbocycles. The Balaban J connectivity index is 1.69. The average molecular weight is 296 g/mol. The first-order valence-electron chi connectivity index (χ1n) is 8.61. The number of phenolic OH excluding ortho intramolecular Hbond substituents is 1. The monoisotopic (exact) mass is 296 g/mol. The van der Waals surface area contributed by atoms with Crippen LogP contribution in [0.2, 0.25) is 0 Å². The van der Waals surface area contributed by atoms with Crippen LogP contribution in [-0.2, 0) is 6.42 Å². The lowest BCUT2D eigenvalue weighted by Crippen LogP contribution is -2.36. The summed E-state index contributed by atoms with van der Waals surface area (Å²) in [5.74, 6) is 3.38. The molecule has 1 unspecified atom stereocenters. The van der Waals surface area contributed by atoms with Gasteiger partial charge in [0.25, 0.3) is 0 Å². The number of phenols is 1. The zero-order chi connectivity index (χ0) is 15.1. The molecule has 3 aliphatic rings. The minimum Gasteiger partial charge on any atom is -0.508 e. The van der Waals surface area contributed by atoms with Crippen LogP contribution < -0.4 is 0 Å². The molecular weight excluding hydrogens is 272 g/mol. The second kappa shape index (κ2) is 5.49. The summed E-state index contributed by atoms with van der Waals surface area (Å²) in [6, 6.07) is 5.97. The molecule has 1 saturated carbocycles. The van der Waals surface area contributed by atoms with Gasteiger partial charge in [-0.15, -0.1) is 0 Å². The first-order valence-corrected chi connectivity index (χ1v) is 8.61. The summed E-state index contributed by atoms with van der Waals surface area (Å²) in [4.78, 5) is 0. The fourth-order valence-corrected chi connectivity index (χ4v) is 4.99. The molecule has 0 heterocycles. The van der Waals surface area contributed by atoms with Crippen LogP contribution >= 0.6 is 0 Å². The molecular formula is C20H24O2. The molecule has 116 valence electrons. The summed E-state index contributed by atoms with van der Waals surface area (Å²) in [6.07, 6.45) is 13.3. The lowest BCUT2D eigenvalue weighted by Gasteiger charge is -2.45. The second-order valence-electron chi connectivity index (χ2n) is 7.19. The summed E-state index contributed by atoms with van der Waals surface area (Å²) >= 11 is 0. The maximum Gasteiger partial charge on any atom is 0.115 e. The number of aromatic hydroxyl groups is 1. The van der Waals surface area contributed by atoms with Gasteiger partial charge in [-0.1, -0.05) is 25.0 Å². The van der Waals surface area contributed by atoms with Gasteiger partial charge in [-0.25, -0.2) is 0 Å². The highest BCUT2D eigenvalue weighted by atomic mass is 16.3. The van der Waals surface area contributed by atoms with Crippen LogP contribution in [0.15, 0.2) is 42.2 Å². The third-order valence-electron chi connectivity index (χ3n) is 6.02. The Morgan fingerprint density at radius 2 is 1.86 bits per heavy atom. The van der Waals surface area contributed by atoms with Crippen LogP contribution in [0.5, 0.6) is 5.75 Å². The highest BCUT2D eigenvalue weighted by Gasteiger charge is 2.40. The number of aliphatic hydroxyl groups is 1. The number of benzene rings is 1. The van der Waals surface area contributed by atoms with Gasteiger partial charge >= 0.3 is 0 Å². The molecule has 0 spiro atoms. The van der Waals surface area contributed by atoms with Crippen molar-refractivity contribution in [3.63, 3.8) is 0 Å². The lowest BCUT2D eigenvalue weighted by molar-refractivity contribution is 0.156. The van der Waals surface area contributed by atoms with Crippen molar-refractivity contribution < 1.29 is 10.2 Å². The Bertz CT molecular complexity index is 629. The smallest absolute Gasteiger partial charge is 0.115 e. The first kappa shape index (κ1) is 13.9. The topological polar surface area (TPSA) is 40.5 Å². The molecule has 0 aromatic heterocycles. The van der Waals surface area contributed by atoms with Crippen LogP contribution in [0.1, 0.15) is 49.1 Å². The number of allylic oxidation sites excluding steroid dienone is 3. The Hall–Kier alpha value is -1.70. The van der Waals surface area contributed by atoms with E-state index in [4.69, 9.17) is 0 Å². The van der Waals surface area contributed by atoms with Crippen molar-refractivity contribution in [2.75, 3.05) is 0 Å². The van der Waals surface area contributed by atoms with Crippen LogP contribution in [-0.4, -0.2) is 10.2 Å². The van der Waals surface area contributed by atoms with E-state index in [2.05, 4.69) is 12.1 Å². The minimum atomic E-state index is 0.409. The Morgan fingerprint density at radius 1 is 1.00 bits per heavy atom. The van der Waals surface area contributed by atoms with Gasteiger partial charge < -0.3 is 10.2 Å². The summed E-state index contributed by atoms with van der Waals surface area (Å²) < 4.78 is 0. The van der Waals surface area contributed by atoms with Crippen LogP contribution in [0.4, 0.5) is 0 Å². The molecule has 0 aliphatic heterocycles. The van der Waals surface area contributed by atoms with E-state index in [1.165, 1.54) is 36.8 Å². The van der Waals surface area contributed by atoms with E-state index < -0.39 is 0 Å². The van der Waals surface area contributed by atoms with E-state index in [0.29, 0.717) is 29.3 Å². The number of hydrogen-bond acceptors (Lipinski definition) is 2. The van der Waals surface area contributed by atoms with Crippen LogP contribution in [0.3, 0.4) is 0 Å². The quantitative estimate of drug-likeness (QED) is 0.777. The maximum absolute atomic E-state index is 9.88. The second-order valence-corrected chi connectivity index (χ2v) is 7.19. The number of rotatable bonds is 1. The molecule has 4 atom stereocenters. The molecule has 2 heteroatoms. The van der Waals surface area contributed by atoms with Gasteiger partial charge in [0.1, 0.15) is 11.5 Å². The van der Waals surface area contributed by atoms with Gasteiger partial charge in [-0.05, 0) is 84.8 Å². The van der Waals surface area contributed by atoms with E-state index in [9.17, 15) is 10.2 Å². The lowest BCUT2D eigenvalue weighted by atomic mass is 9.59. The zero-order valence-corrected chi connectivity index (χ0v) is 12.9. The van der Waals surface area contributed by atoms with Gasteiger partial charge in [0.2, 0.25) is 0 Å². The number of hydrogen-bond donors (Lipinski definition) is 2. The summed E-state index contributed by atoms with van der Waals surface area (Å²) in [5, 5.41) is 19.5. The highest BCUT2D eigenvalue weighted by Crippen LogP contribution is 2.51. The predicted molar refractivity (Wildman–Crippen MR) is 88.0 cm³/mol. The van der Waals surface area contributed by atoms with Gasteiger partial charge in [0.15, 0.2) is 0 Å². The van der Waals surface area contributed by atoms with Crippen molar-refractivity contribution in [3.05, 3.63) is 53.3 Å². The van der Waals surface area contributed by atoms with Crippen molar-refractivity contribution in [2.45, 2.75) is 44.4 Å². The van der Waals surface area contributed by atoms with Crippen molar-refractivity contribution in [1.29, 1.82) is 0 Å². The minimum absolute atomic E-state index is 0.409. The summed E-state index contributed by atoms with van der Waals surface area (Å²) in [7, 11) is 0. The number of fused-ring (bicyclic) bond motifs is 3. The molecule has 0 saturated heterocycles. The van der Waals surface area contributed by atoms with Gasteiger partial charge in [0, 0.05) is 0 Å². The summed E-state index contributed by atoms with van der Waals surface area (Å²) in [6.45, 7) is 0. The van der Waals surface area contributed by atoms with E-state index in [-0.39, 0.29) is 0 Å². The molecule has 1 fully saturated rings. The largest absolute Gasteiger partial charge is 0.508 e. The Labute approximate surface area is 132 Å². The van der Waals surface area contributed by atoms with E-state index in [0.717, 1.165) is 18.8 Å². The predicted octanol–water partition coefficient (Wildman–Crippen LogP) is 4.86. The van der Waals surface area contributed by atoms with Gasteiger partial charge in [0.05, 0.1) is 0 Å². The molecule has 4 rings (SSSR count). The molecule has 0 amide bonds.